The van der Waals surface area contributed by atoms with E-state index in [1.807, 2.05) is 20.8 Å². The SMILES string of the molecule is CC(C)(C)Cn1nnc(-c2c(F)cc(C(=O)N3CCNCC3)cc2F)n1. The van der Waals surface area contributed by atoms with Crippen LogP contribution in [0.4, 0.5) is 8.78 Å². The molecule has 0 radical (unpaired) electrons. The largest absolute Gasteiger partial charge is 0.336 e. The number of carbonyl (C=O) groups excluding carboxylic acids is 1. The fraction of sp³-hybridized carbons (Fsp3) is 0.529. The van der Waals surface area contributed by atoms with E-state index in [1.165, 1.54) is 4.80 Å². The first-order valence-electron chi connectivity index (χ1n) is 8.52. The molecule has 0 unspecified atom stereocenters. The number of hydrogen-bond donors (Lipinski definition) is 1. The van der Waals surface area contributed by atoms with E-state index in [1.54, 1.807) is 4.90 Å². The predicted octanol–water partition coefficient (Wildman–Crippen LogP) is 1.71. The summed E-state index contributed by atoms with van der Waals surface area (Å²) in [5, 5.41) is 14.8. The standard InChI is InChI=1S/C17H22F2N6O/c1-17(2,3)10-25-22-15(21-23-25)14-12(18)8-11(9-13(14)19)16(26)24-6-4-20-5-7-24/h8-9,20H,4-7,10H2,1-3H3. The second-order valence-electron chi connectivity index (χ2n) is 7.56. The highest BCUT2D eigenvalue weighted by molar-refractivity contribution is 5.94. The maximum absolute atomic E-state index is 14.5. The summed E-state index contributed by atoms with van der Waals surface area (Å²) in [6.07, 6.45) is 0. The van der Waals surface area contributed by atoms with Crippen molar-refractivity contribution in [1.82, 2.24) is 30.4 Å². The number of aromatic nitrogens is 4. The van der Waals surface area contributed by atoms with Gasteiger partial charge in [0.1, 0.15) is 11.6 Å². The summed E-state index contributed by atoms with van der Waals surface area (Å²) >= 11 is 0. The summed E-state index contributed by atoms with van der Waals surface area (Å²) in [6.45, 7) is 8.78. The molecule has 0 spiro atoms. The number of benzene rings is 1. The molecular formula is C17H22F2N6O. The second-order valence-corrected chi connectivity index (χ2v) is 7.56. The van der Waals surface area contributed by atoms with Gasteiger partial charge in [0, 0.05) is 31.7 Å². The minimum Gasteiger partial charge on any atom is -0.336 e. The Kier molecular flexibility index (Phi) is 4.99. The Balaban J connectivity index is 1.87. The van der Waals surface area contributed by atoms with Gasteiger partial charge in [-0.25, -0.2) is 8.78 Å². The zero-order valence-electron chi connectivity index (χ0n) is 15.1. The van der Waals surface area contributed by atoms with Crippen molar-refractivity contribution in [2.24, 2.45) is 5.41 Å². The molecule has 1 amide bonds. The highest BCUT2D eigenvalue weighted by atomic mass is 19.1. The molecule has 7 nitrogen and oxygen atoms in total. The zero-order chi connectivity index (χ0) is 18.9. The molecule has 9 heteroatoms. The van der Waals surface area contributed by atoms with Crippen molar-refractivity contribution in [1.29, 1.82) is 0 Å². The highest BCUT2D eigenvalue weighted by Gasteiger charge is 2.24. The van der Waals surface area contributed by atoms with Gasteiger partial charge in [-0.15, -0.1) is 10.2 Å². The summed E-state index contributed by atoms with van der Waals surface area (Å²) in [7, 11) is 0. The Bertz CT molecular complexity index is 785. The predicted molar refractivity (Wildman–Crippen MR) is 91.4 cm³/mol. The number of amides is 1. The third kappa shape index (κ3) is 4.04. The number of halogens is 2. The lowest BCUT2D eigenvalue weighted by molar-refractivity contribution is 0.0735. The van der Waals surface area contributed by atoms with Crippen LogP contribution in [0.25, 0.3) is 11.4 Å². The number of rotatable bonds is 3. The van der Waals surface area contributed by atoms with E-state index in [9.17, 15) is 13.6 Å². The molecule has 0 saturated carbocycles. The fourth-order valence-electron chi connectivity index (χ4n) is 2.80. The molecule has 0 bridgehead atoms. The maximum atomic E-state index is 14.5. The molecule has 1 aliphatic heterocycles. The summed E-state index contributed by atoms with van der Waals surface area (Å²) in [6, 6.07) is 2.07. The van der Waals surface area contributed by atoms with Gasteiger partial charge in [0.25, 0.3) is 5.91 Å². The normalized spacial score (nSPS) is 15.3. The first-order valence-corrected chi connectivity index (χ1v) is 8.52. The number of carbonyl (C=O) groups is 1. The van der Waals surface area contributed by atoms with Crippen LogP contribution in [-0.2, 0) is 6.54 Å². The van der Waals surface area contributed by atoms with Crippen molar-refractivity contribution in [3.63, 3.8) is 0 Å². The molecule has 0 atom stereocenters. The molecule has 1 aromatic heterocycles. The molecule has 0 aliphatic carbocycles. The fourth-order valence-corrected chi connectivity index (χ4v) is 2.80. The summed E-state index contributed by atoms with van der Waals surface area (Å²) in [4.78, 5) is 15.3. The monoisotopic (exact) mass is 364 g/mol. The first-order chi connectivity index (χ1) is 12.2. The third-order valence-electron chi connectivity index (χ3n) is 3.99. The number of hydrogen-bond acceptors (Lipinski definition) is 5. The smallest absolute Gasteiger partial charge is 0.254 e. The summed E-state index contributed by atoms with van der Waals surface area (Å²) in [5.41, 5.74) is -0.496. The molecule has 1 saturated heterocycles. The number of nitrogens with zero attached hydrogens (tertiary/aromatic N) is 5. The molecule has 140 valence electrons. The lowest BCUT2D eigenvalue weighted by Gasteiger charge is -2.27. The van der Waals surface area contributed by atoms with Crippen LogP contribution < -0.4 is 5.32 Å². The van der Waals surface area contributed by atoms with Crippen LogP contribution in [0, 0.1) is 17.0 Å². The van der Waals surface area contributed by atoms with Gasteiger partial charge in [-0.05, 0) is 22.8 Å². The van der Waals surface area contributed by atoms with Gasteiger partial charge in [-0.3, -0.25) is 4.79 Å². The first kappa shape index (κ1) is 18.4. The van der Waals surface area contributed by atoms with Crippen molar-refractivity contribution < 1.29 is 13.6 Å². The molecule has 2 aromatic rings. The number of piperazine rings is 1. The van der Waals surface area contributed by atoms with E-state index in [4.69, 9.17) is 0 Å². The molecule has 1 fully saturated rings. The maximum Gasteiger partial charge on any atom is 0.254 e. The van der Waals surface area contributed by atoms with E-state index in [-0.39, 0.29) is 28.3 Å². The second kappa shape index (κ2) is 7.06. The zero-order valence-corrected chi connectivity index (χ0v) is 15.1. The van der Waals surface area contributed by atoms with Crippen molar-refractivity contribution in [2.45, 2.75) is 27.3 Å². The van der Waals surface area contributed by atoms with Crippen LogP contribution in [-0.4, -0.2) is 57.2 Å². The average molecular weight is 364 g/mol. The molecular weight excluding hydrogens is 342 g/mol. The Morgan fingerprint density at radius 2 is 1.81 bits per heavy atom. The van der Waals surface area contributed by atoms with Gasteiger partial charge in [-0.1, -0.05) is 20.8 Å². The number of nitrogens with one attached hydrogen (secondary N) is 1. The Hall–Kier alpha value is -2.42. The topological polar surface area (TPSA) is 75.9 Å². The molecule has 3 rings (SSSR count). The van der Waals surface area contributed by atoms with Crippen LogP contribution >= 0.6 is 0 Å². The Morgan fingerprint density at radius 1 is 1.19 bits per heavy atom. The Morgan fingerprint density at radius 3 is 2.38 bits per heavy atom. The number of tetrazole rings is 1. The minimum absolute atomic E-state index is 0.0206. The summed E-state index contributed by atoms with van der Waals surface area (Å²) < 4.78 is 29.1. The van der Waals surface area contributed by atoms with Crippen LogP contribution in [0.2, 0.25) is 0 Å². The van der Waals surface area contributed by atoms with Crippen molar-refractivity contribution in [3.05, 3.63) is 29.3 Å². The van der Waals surface area contributed by atoms with Crippen LogP contribution in [0.1, 0.15) is 31.1 Å². The average Bonchev–Trinajstić information content (AvgIpc) is 3.00. The van der Waals surface area contributed by atoms with Crippen molar-refractivity contribution in [3.8, 4) is 11.4 Å². The van der Waals surface area contributed by atoms with E-state index in [0.717, 1.165) is 12.1 Å². The summed E-state index contributed by atoms with van der Waals surface area (Å²) in [5.74, 6) is -2.27. The van der Waals surface area contributed by atoms with Gasteiger partial charge < -0.3 is 10.2 Å². The van der Waals surface area contributed by atoms with Crippen LogP contribution in [0.3, 0.4) is 0 Å². The van der Waals surface area contributed by atoms with Gasteiger partial charge in [0.05, 0.1) is 12.1 Å². The molecule has 1 aromatic carbocycles. The van der Waals surface area contributed by atoms with E-state index >= 15 is 0 Å². The van der Waals surface area contributed by atoms with Crippen molar-refractivity contribution >= 4 is 5.91 Å². The molecule has 1 N–H and O–H groups in total. The molecule has 26 heavy (non-hydrogen) atoms. The van der Waals surface area contributed by atoms with E-state index < -0.39 is 11.6 Å². The molecule has 1 aliphatic rings. The van der Waals surface area contributed by atoms with Gasteiger partial charge in [-0.2, -0.15) is 4.80 Å². The highest BCUT2D eigenvalue weighted by Crippen LogP contribution is 2.25. The van der Waals surface area contributed by atoms with Crippen LogP contribution in [0.15, 0.2) is 12.1 Å². The lowest BCUT2D eigenvalue weighted by atomic mass is 9.97. The minimum atomic E-state index is -0.876. The Labute approximate surface area is 150 Å². The van der Waals surface area contributed by atoms with E-state index in [0.29, 0.717) is 32.7 Å². The van der Waals surface area contributed by atoms with Gasteiger partial charge >= 0.3 is 0 Å². The van der Waals surface area contributed by atoms with Gasteiger partial charge in [0.15, 0.2) is 0 Å². The van der Waals surface area contributed by atoms with E-state index in [2.05, 4.69) is 20.7 Å². The molecule has 2 heterocycles. The van der Waals surface area contributed by atoms with Crippen LogP contribution in [0.5, 0.6) is 0 Å². The van der Waals surface area contributed by atoms with Gasteiger partial charge in [0.2, 0.25) is 5.82 Å². The third-order valence-corrected chi connectivity index (χ3v) is 3.99. The van der Waals surface area contributed by atoms with Crippen molar-refractivity contribution in [2.75, 3.05) is 26.2 Å². The lowest BCUT2D eigenvalue weighted by Crippen LogP contribution is -2.46. The quantitative estimate of drug-likeness (QED) is 0.897.